The highest BCUT2D eigenvalue weighted by atomic mass is 127. The van der Waals surface area contributed by atoms with E-state index in [1.54, 1.807) is 26.0 Å². The van der Waals surface area contributed by atoms with Crippen molar-refractivity contribution in [3.8, 4) is 17.6 Å². The Balaban J connectivity index is 2.67. The van der Waals surface area contributed by atoms with E-state index < -0.39 is 11.9 Å². The van der Waals surface area contributed by atoms with Gasteiger partial charge in [0.25, 0.3) is 0 Å². The minimum absolute atomic E-state index is 0.0426. The van der Waals surface area contributed by atoms with Gasteiger partial charge in [-0.1, -0.05) is 12.7 Å². The average molecular weight is 496 g/mol. The van der Waals surface area contributed by atoms with Gasteiger partial charge >= 0.3 is 5.97 Å². The van der Waals surface area contributed by atoms with E-state index in [1.807, 2.05) is 6.07 Å². The number of nitriles is 1. The summed E-state index contributed by atoms with van der Waals surface area (Å²) in [5.41, 5.74) is 6.92. The van der Waals surface area contributed by atoms with Gasteiger partial charge in [-0.25, -0.2) is 4.79 Å². The highest BCUT2D eigenvalue weighted by Crippen LogP contribution is 2.43. The van der Waals surface area contributed by atoms with Gasteiger partial charge < -0.3 is 24.7 Å². The molecule has 1 heterocycles. The Hall–Kier alpha value is -2.67. The second-order valence-corrected chi connectivity index (χ2v) is 6.91. The second-order valence-electron chi connectivity index (χ2n) is 5.75. The molecule has 2 rings (SSSR count). The summed E-state index contributed by atoms with van der Waals surface area (Å²) < 4.78 is 22.5. The molecule has 0 saturated carbocycles. The third kappa shape index (κ3) is 4.25. The maximum absolute atomic E-state index is 12.6. The molecule has 0 spiro atoms. The molecule has 1 atom stereocenters. The summed E-state index contributed by atoms with van der Waals surface area (Å²) in [5, 5.41) is 9.66. The number of esters is 1. The third-order valence-corrected chi connectivity index (χ3v) is 4.83. The number of nitrogens with two attached hydrogens (primary N) is 1. The van der Waals surface area contributed by atoms with Gasteiger partial charge in [-0.3, -0.25) is 0 Å². The van der Waals surface area contributed by atoms with Crippen LogP contribution in [0.2, 0.25) is 0 Å². The van der Waals surface area contributed by atoms with Gasteiger partial charge in [-0.15, -0.1) is 0 Å². The van der Waals surface area contributed by atoms with E-state index >= 15 is 0 Å². The molecule has 0 radical (unpaired) electrons. The Bertz CT molecular complexity index is 899. The van der Waals surface area contributed by atoms with Crippen LogP contribution in [0.15, 0.2) is 47.6 Å². The lowest BCUT2D eigenvalue weighted by Gasteiger charge is -2.27. The van der Waals surface area contributed by atoms with E-state index in [1.165, 1.54) is 7.11 Å². The van der Waals surface area contributed by atoms with Crippen LogP contribution >= 0.6 is 22.6 Å². The van der Waals surface area contributed by atoms with Crippen LogP contribution in [0.5, 0.6) is 11.5 Å². The first-order chi connectivity index (χ1) is 13.4. The van der Waals surface area contributed by atoms with Crippen LogP contribution in [-0.2, 0) is 14.3 Å². The maximum Gasteiger partial charge on any atom is 0.338 e. The molecule has 0 fully saturated rings. The molecule has 1 unspecified atom stereocenters. The zero-order valence-electron chi connectivity index (χ0n) is 15.9. The van der Waals surface area contributed by atoms with Gasteiger partial charge in [0.15, 0.2) is 11.5 Å². The fourth-order valence-electron chi connectivity index (χ4n) is 2.88. The Morgan fingerprint density at radius 1 is 1.50 bits per heavy atom. The molecule has 1 aliphatic heterocycles. The predicted molar refractivity (Wildman–Crippen MR) is 111 cm³/mol. The van der Waals surface area contributed by atoms with Crippen LogP contribution in [0.4, 0.5) is 0 Å². The second kappa shape index (κ2) is 9.50. The molecule has 1 aromatic rings. The van der Waals surface area contributed by atoms with Crippen LogP contribution in [0.3, 0.4) is 0 Å². The fraction of sp³-hybridized carbons (Fsp3) is 0.300. The number of carbonyl (C=O) groups excluding carboxylic acids is 1. The van der Waals surface area contributed by atoms with E-state index in [-0.39, 0.29) is 23.6 Å². The highest BCUT2D eigenvalue weighted by Gasteiger charge is 2.37. The van der Waals surface area contributed by atoms with E-state index in [4.69, 9.17) is 24.7 Å². The van der Waals surface area contributed by atoms with Crippen molar-refractivity contribution in [1.82, 2.24) is 0 Å². The number of halogens is 1. The Kier molecular flexibility index (Phi) is 7.34. The van der Waals surface area contributed by atoms with Gasteiger partial charge in [0.2, 0.25) is 5.88 Å². The summed E-state index contributed by atoms with van der Waals surface area (Å²) in [5.74, 6) is -0.0422. The van der Waals surface area contributed by atoms with E-state index in [0.29, 0.717) is 29.4 Å². The standard InChI is InChI=1S/C20H21IN2O5/c1-5-7-27-18-14(21)8-12(9-15(18)25-4)17-13(10-22)19(23)28-11(3)16(17)20(24)26-6-2/h5,8-9,17H,1,6-7,23H2,2-4H3. The number of rotatable bonds is 7. The topological polar surface area (TPSA) is 104 Å². The molecule has 8 heteroatoms. The first-order valence-corrected chi connectivity index (χ1v) is 9.53. The van der Waals surface area contributed by atoms with Crippen LogP contribution < -0.4 is 15.2 Å². The van der Waals surface area contributed by atoms with Crippen molar-refractivity contribution < 1.29 is 23.7 Å². The van der Waals surface area contributed by atoms with Crippen molar-refractivity contribution in [2.45, 2.75) is 19.8 Å². The summed E-state index contributed by atoms with van der Waals surface area (Å²) in [6.45, 7) is 7.47. The lowest BCUT2D eigenvalue weighted by molar-refractivity contribution is -0.139. The summed E-state index contributed by atoms with van der Waals surface area (Å²) in [6, 6.07) is 5.59. The van der Waals surface area contributed by atoms with Crippen LogP contribution in [0, 0.1) is 14.9 Å². The minimum Gasteiger partial charge on any atom is -0.493 e. The number of allylic oxidation sites excluding steroid dienone is 2. The predicted octanol–water partition coefficient (Wildman–Crippen LogP) is 3.51. The van der Waals surface area contributed by atoms with Crippen LogP contribution in [0.1, 0.15) is 25.3 Å². The maximum atomic E-state index is 12.6. The monoisotopic (exact) mass is 496 g/mol. The van der Waals surface area contributed by atoms with Gasteiger partial charge in [0.05, 0.1) is 28.8 Å². The molecule has 7 nitrogen and oxygen atoms in total. The molecule has 0 bridgehead atoms. The quantitative estimate of drug-likeness (QED) is 0.350. The molecule has 0 aliphatic carbocycles. The molecule has 0 amide bonds. The molecule has 28 heavy (non-hydrogen) atoms. The highest BCUT2D eigenvalue weighted by molar-refractivity contribution is 14.1. The van der Waals surface area contributed by atoms with Gasteiger partial charge in [-0.05, 0) is 54.1 Å². The van der Waals surface area contributed by atoms with Crippen molar-refractivity contribution in [3.63, 3.8) is 0 Å². The van der Waals surface area contributed by atoms with Crippen LogP contribution in [-0.4, -0.2) is 26.3 Å². The Morgan fingerprint density at radius 3 is 2.79 bits per heavy atom. The molecule has 1 aromatic carbocycles. The van der Waals surface area contributed by atoms with Crippen molar-refractivity contribution in [3.05, 3.63) is 56.7 Å². The lowest BCUT2D eigenvalue weighted by Crippen LogP contribution is -2.25. The Morgan fingerprint density at radius 2 is 2.21 bits per heavy atom. The zero-order valence-corrected chi connectivity index (χ0v) is 18.0. The lowest BCUT2D eigenvalue weighted by atomic mass is 9.83. The summed E-state index contributed by atoms with van der Waals surface area (Å²) in [4.78, 5) is 12.6. The third-order valence-electron chi connectivity index (χ3n) is 4.03. The van der Waals surface area contributed by atoms with E-state index in [2.05, 4.69) is 35.2 Å². The number of benzene rings is 1. The molecule has 2 N–H and O–H groups in total. The number of hydrogen-bond acceptors (Lipinski definition) is 7. The largest absolute Gasteiger partial charge is 0.493 e. The van der Waals surface area contributed by atoms with Crippen molar-refractivity contribution in [2.75, 3.05) is 20.3 Å². The number of ether oxygens (including phenoxy) is 4. The van der Waals surface area contributed by atoms with Crippen molar-refractivity contribution >= 4 is 28.6 Å². The molecule has 148 valence electrons. The first-order valence-electron chi connectivity index (χ1n) is 8.46. The van der Waals surface area contributed by atoms with Crippen molar-refractivity contribution in [1.29, 1.82) is 5.26 Å². The van der Waals surface area contributed by atoms with E-state index in [9.17, 15) is 10.1 Å². The average Bonchev–Trinajstić information content (AvgIpc) is 2.66. The Labute approximate surface area is 177 Å². The molecule has 1 aliphatic rings. The molecule has 0 saturated heterocycles. The van der Waals surface area contributed by atoms with Crippen LogP contribution in [0.25, 0.3) is 0 Å². The fourth-order valence-corrected chi connectivity index (χ4v) is 3.66. The first kappa shape index (κ1) is 21.6. The number of hydrogen-bond donors (Lipinski definition) is 1. The van der Waals surface area contributed by atoms with Crippen molar-refractivity contribution in [2.24, 2.45) is 5.73 Å². The number of carbonyl (C=O) groups is 1. The van der Waals surface area contributed by atoms with Gasteiger partial charge in [0.1, 0.15) is 24.0 Å². The normalized spacial score (nSPS) is 16.2. The summed E-state index contributed by atoms with van der Waals surface area (Å²) in [6.07, 6.45) is 1.63. The van der Waals surface area contributed by atoms with Gasteiger partial charge in [-0.2, -0.15) is 5.26 Å². The number of methoxy groups -OCH3 is 1. The van der Waals surface area contributed by atoms with E-state index in [0.717, 1.165) is 3.57 Å². The minimum atomic E-state index is -0.742. The molecular formula is C20H21IN2O5. The zero-order chi connectivity index (χ0) is 20.8. The number of nitrogens with zero attached hydrogens (tertiary/aromatic N) is 1. The molecule has 0 aromatic heterocycles. The summed E-state index contributed by atoms with van der Waals surface area (Å²) in [7, 11) is 1.52. The SMILES string of the molecule is C=CCOc1c(I)cc(C2C(C#N)=C(N)OC(C)=C2C(=O)OCC)cc1OC. The van der Waals surface area contributed by atoms with Gasteiger partial charge in [0, 0.05) is 0 Å². The summed E-state index contributed by atoms with van der Waals surface area (Å²) >= 11 is 2.11. The molecular weight excluding hydrogens is 475 g/mol. The smallest absolute Gasteiger partial charge is 0.338 e.